The summed E-state index contributed by atoms with van der Waals surface area (Å²) in [6.45, 7) is 2.73. The number of aromatic nitrogens is 2. The van der Waals surface area contributed by atoms with E-state index in [1.54, 1.807) is 17.9 Å². The first-order chi connectivity index (χ1) is 10.1. The summed E-state index contributed by atoms with van der Waals surface area (Å²) in [6, 6.07) is 3.59. The third-order valence-electron chi connectivity index (χ3n) is 3.40. The molecule has 3 rings (SSSR count). The fraction of sp³-hybridized carbons (Fsp3) is 0.357. The van der Waals surface area contributed by atoms with Gasteiger partial charge in [-0.25, -0.2) is 4.68 Å². The van der Waals surface area contributed by atoms with Gasteiger partial charge < -0.3 is 19.5 Å². The number of benzene rings is 1. The van der Waals surface area contributed by atoms with Gasteiger partial charge in [0, 0.05) is 25.7 Å². The average Bonchev–Trinajstić information content (AvgIpc) is 2.99. The fourth-order valence-electron chi connectivity index (χ4n) is 2.38. The highest BCUT2D eigenvalue weighted by molar-refractivity contribution is 6.33. The summed E-state index contributed by atoms with van der Waals surface area (Å²) < 4.78 is 17.7. The van der Waals surface area contributed by atoms with Crippen molar-refractivity contribution >= 4 is 17.3 Å². The van der Waals surface area contributed by atoms with Gasteiger partial charge in [-0.3, -0.25) is 0 Å². The molecule has 1 aromatic heterocycles. The smallest absolute Gasteiger partial charge is 0.231 e. The molecule has 0 radical (unpaired) electrons. The predicted octanol–water partition coefficient (Wildman–Crippen LogP) is 2.73. The fourth-order valence-corrected chi connectivity index (χ4v) is 2.60. The minimum atomic E-state index is 0.227. The zero-order valence-corrected chi connectivity index (χ0v) is 12.8. The molecule has 112 valence electrons. The van der Waals surface area contributed by atoms with Crippen molar-refractivity contribution < 1.29 is 14.2 Å². The van der Waals surface area contributed by atoms with Gasteiger partial charge in [0.1, 0.15) is 0 Å². The molecule has 1 aliphatic heterocycles. The molecule has 0 saturated heterocycles. The van der Waals surface area contributed by atoms with Gasteiger partial charge in [0.15, 0.2) is 11.5 Å². The molecule has 0 fully saturated rings. The van der Waals surface area contributed by atoms with Crippen LogP contribution < -0.4 is 19.5 Å². The molecule has 0 aliphatic carbocycles. The summed E-state index contributed by atoms with van der Waals surface area (Å²) in [5.41, 5.74) is 2.69. The van der Waals surface area contributed by atoms with Gasteiger partial charge in [-0.1, -0.05) is 11.6 Å². The molecule has 6 nitrogen and oxygen atoms in total. The molecule has 0 unspecified atom stereocenters. The molecule has 0 atom stereocenters. The van der Waals surface area contributed by atoms with Crippen molar-refractivity contribution in [2.75, 3.05) is 19.2 Å². The van der Waals surface area contributed by atoms with Crippen LogP contribution in [0.4, 0.5) is 5.69 Å². The zero-order valence-electron chi connectivity index (χ0n) is 12.1. The van der Waals surface area contributed by atoms with Crippen LogP contribution in [0.15, 0.2) is 12.1 Å². The molecule has 0 spiro atoms. The summed E-state index contributed by atoms with van der Waals surface area (Å²) in [6.07, 6.45) is 0. The Morgan fingerprint density at radius 2 is 2.10 bits per heavy atom. The third-order valence-corrected chi connectivity index (χ3v) is 3.71. The van der Waals surface area contributed by atoms with E-state index < -0.39 is 0 Å². The van der Waals surface area contributed by atoms with Crippen molar-refractivity contribution in [1.82, 2.24) is 9.78 Å². The zero-order chi connectivity index (χ0) is 15.0. The summed E-state index contributed by atoms with van der Waals surface area (Å²) in [4.78, 5) is 0. The highest BCUT2D eigenvalue weighted by Gasteiger charge is 2.18. The standard InChI is InChI=1S/C14H16ClN3O3/c1-8-9(14(19-3)18(2)17-8)6-16-11-5-13-12(4-10(11)15)20-7-21-13/h4-5,16H,6-7H2,1-3H3. The molecule has 1 aromatic carbocycles. The lowest BCUT2D eigenvalue weighted by atomic mass is 10.2. The number of fused-ring (bicyclic) bond motifs is 1. The first-order valence-corrected chi connectivity index (χ1v) is 6.87. The van der Waals surface area contributed by atoms with E-state index >= 15 is 0 Å². The first kappa shape index (κ1) is 13.9. The van der Waals surface area contributed by atoms with Crippen LogP contribution in [-0.2, 0) is 13.6 Å². The number of methoxy groups -OCH3 is 1. The number of halogens is 1. The van der Waals surface area contributed by atoms with E-state index in [9.17, 15) is 0 Å². The van der Waals surface area contributed by atoms with Crippen LogP contribution in [0.3, 0.4) is 0 Å². The molecule has 2 aromatic rings. The molecule has 2 heterocycles. The summed E-state index contributed by atoms with van der Waals surface area (Å²) >= 11 is 6.24. The Labute approximate surface area is 127 Å². The normalized spacial score (nSPS) is 12.6. The average molecular weight is 310 g/mol. The van der Waals surface area contributed by atoms with Gasteiger partial charge in [-0.05, 0) is 6.92 Å². The molecule has 0 saturated carbocycles. The maximum atomic E-state index is 6.24. The van der Waals surface area contributed by atoms with Gasteiger partial charge in [0.05, 0.1) is 29.1 Å². The number of nitrogens with one attached hydrogen (secondary N) is 1. The summed E-state index contributed by atoms with van der Waals surface area (Å²) in [5, 5.41) is 8.22. The maximum absolute atomic E-state index is 6.24. The Morgan fingerprint density at radius 1 is 1.38 bits per heavy atom. The first-order valence-electron chi connectivity index (χ1n) is 6.49. The van der Waals surface area contributed by atoms with Gasteiger partial charge in [-0.15, -0.1) is 0 Å². The van der Waals surface area contributed by atoms with Gasteiger partial charge in [0.2, 0.25) is 12.7 Å². The van der Waals surface area contributed by atoms with Crippen LogP contribution >= 0.6 is 11.6 Å². The second-order valence-corrected chi connectivity index (χ2v) is 5.14. The van der Waals surface area contributed by atoms with E-state index in [0.29, 0.717) is 23.1 Å². The van der Waals surface area contributed by atoms with Gasteiger partial charge in [0.25, 0.3) is 0 Å². The Bertz CT molecular complexity index is 685. The quantitative estimate of drug-likeness (QED) is 0.941. The monoisotopic (exact) mass is 309 g/mol. The third kappa shape index (κ3) is 2.47. The second kappa shape index (κ2) is 5.37. The minimum absolute atomic E-state index is 0.227. The Hall–Kier alpha value is -2.08. The lowest BCUT2D eigenvalue weighted by Gasteiger charge is -2.10. The van der Waals surface area contributed by atoms with Crippen LogP contribution in [0, 0.1) is 6.92 Å². The number of anilines is 1. The minimum Gasteiger partial charge on any atom is -0.481 e. The lowest BCUT2D eigenvalue weighted by molar-refractivity contribution is 0.174. The molecule has 21 heavy (non-hydrogen) atoms. The van der Waals surface area contributed by atoms with E-state index in [1.807, 2.05) is 20.0 Å². The van der Waals surface area contributed by atoms with Crippen molar-refractivity contribution in [3.8, 4) is 17.4 Å². The number of ether oxygens (including phenoxy) is 3. The van der Waals surface area contributed by atoms with E-state index in [4.69, 9.17) is 25.8 Å². The summed E-state index contributed by atoms with van der Waals surface area (Å²) in [7, 11) is 3.48. The van der Waals surface area contributed by atoms with E-state index in [1.165, 1.54) is 0 Å². The molecular weight excluding hydrogens is 294 g/mol. The molecule has 0 bridgehead atoms. The molecular formula is C14H16ClN3O3. The van der Waals surface area contributed by atoms with Crippen molar-refractivity contribution in [3.05, 3.63) is 28.4 Å². The number of rotatable bonds is 4. The van der Waals surface area contributed by atoms with Crippen LogP contribution in [-0.4, -0.2) is 23.7 Å². The molecule has 1 N–H and O–H groups in total. The lowest BCUT2D eigenvalue weighted by Crippen LogP contribution is -2.03. The molecule has 1 aliphatic rings. The molecule has 0 amide bonds. The van der Waals surface area contributed by atoms with E-state index in [-0.39, 0.29) is 6.79 Å². The van der Waals surface area contributed by atoms with Crippen molar-refractivity contribution in [2.24, 2.45) is 7.05 Å². The van der Waals surface area contributed by atoms with Crippen LogP contribution in [0.5, 0.6) is 17.4 Å². The SMILES string of the molecule is COc1c(CNc2cc3c(cc2Cl)OCO3)c(C)nn1C. The topological polar surface area (TPSA) is 57.5 Å². The number of hydrogen-bond donors (Lipinski definition) is 1. The summed E-state index contributed by atoms with van der Waals surface area (Å²) in [5.74, 6) is 2.09. The Balaban J connectivity index is 1.82. The van der Waals surface area contributed by atoms with Gasteiger partial charge in [-0.2, -0.15) is 5.10 Å². The number of hydrogen-bond acceptors (Lipinski definition) is 5. The number of nitrogens with zero attached hydrogens (tertiary/aromatic N) is 2. The predicted molar refractivity (Wildman–Crippen MR) is 79.4 cm³/mol. The Morgan fingerprint density at radius 3 is 2.81 bits per heavy atom. The van der Waals surface area contributed by atoms with Crippen LogP contribution in [0.25, 0.3) is 0 Å². The highest BCUT2D eigenvalue weighted by atomic mass is 35.5. The largest absolute Gasteiger partial charge is 0.481 e. The number of aryl methyl sites for hydroxylation is 2. The maximum Gasteiger partial charge on any atom is 0.231 e. The van der Waals surface area contributed by atoms with Crippen LogP contribution in [0.2, 0.25) is 5.02 Å². The highest BCUT2D eigenvalue weighted by Crippen LogP contribution is 2.39. The van der Waals surface area contributed by atoms with E-state index in [0.717, 1.165) is 22.8 Å². The molecule has 7 heteroatoms. The van der Waals surface area contributed by atoms with Crippen molar-refractivity contribution in [1.29, 1.82) is 0 Å². The Kier molecular flexibility index (Phi) is 3.55. The van der Waals surface area contributed by atoms with Crippen molar-refractivity contribution in [2.45, 2.75) is 13.5 Å². The van der Waals surface area contributed by atoms with Crippen molar-refractivity contribution in [3.63, 3.8) is 0 Å². The van der Waals surface area contributed by atoms with Gasteiger partial charge >= 0.3 is 0 Å². The second-order valence-electron chi connectivity index (χ2n) is 4.74. The van der Waals surface area contributed by atoms with Crippen LogP contribution in [0.1, 0.15) is 11.3 Å². The van der Waals surface area contributed by atoms with E-state index in [2.05, 4.69) is 10.4 Å².